The highest BCUT2D eigenvalue weighted by Gasteiger charge is 2.31. The van der Waals surface area contributed by atoms with Crippen LogP contribution in [0, 0.1) is 0 Å². The third-order valence-electron chi connectivity index (χ3n) is 1.52. The van der Waals surface area contributed by atoms with Crippen LogP contribution in [0.4, 0.5) is 13.2 Å². The molecule has 15 heavy (non-hydrogen) atoms. The fraction of sp³-hybridized carbons (Fsp3) is 0.143. The predicted molar refractivity (Wildman–Crippen MR) is 43.9 cm³/mol. The Morgan fingerprint density at radius 3 is 2.27 bits per heavy atom. The minimum atomic E-state index is -4.59. The van der Waals surface area contributed by atoms with E-state index in [1.165, 1.54) is 0 Å². The van der Waals surface area contributed by atoms with Crippen LogP contribution in [0.1, 0.15) is 5.56 Å². The molecular formula is C7H6BF3O4. The Morgan fingerprint density at radius 1 is 1.20 bits per heavy atom. The molecule has 0 bridgehead atoms. The largest absolute Gasteiger partial charge is 0.707 e. The summed E-state index contributed by atoms with van der Waals surface area (Å²) in [5, 5.41) is 25.8. The maximum Gasteiger partial charge on any atom is 0.707 e. The molecule has 1 aromatic carbocycles. The first kappa shape index (κ1) is 11.7. The highest BCUT2D eigenvalue weighted by atomic mass is 19.4. The number of aromatic hydroxyl groups is 1. The van der Waals surface area contributed by atoms with Gasteiger partial charge in [0.25, 0.3) is 0 Å². The Bertz CT molecular complexity index is 353. The monoisotopic (exact) mass is 222 g/mol. The third-order valence-corrected chi connectivity index (χ3v) is 1.52. The van der Waals surface area contributed by atoms with Gasteiger partial charge < -0.3 is 19.8 Å². The molecule has 0 spiro atoms. The van der Waals surface area contributed by atoms with Gasteiger partial charge in [-0.2, -0.15) is 13.2 Å². The minimum absolute atomic E-state index is 0.467. The molecule has 0 atom stereocenters. The Morgan fingerprint density at radius 2 is 1.80 bits per heavy atom. The van der Waals surface area contributed by atoms with Crippen molar-refractivity contribution in [3.63, 3.8) is 0 Å². The average Bonchev–Trinajstić information content (AvgIpc) is 2.06. The molecule has 0 aliphatic carbocycles. The molecule has 4 nitrogen and oxygen atoms in total. The van der Waals surface area contributed by atoms with Crippen LogP contribution in [-0.2, 0) is 6.18 Å². The SMILES string of the molecule is OB(O)Oc1cc(C(F)(F)F)ccc1O. The summed E-state index contributed by atoms with van der Waals surface area (Å²) in [6.45, 7) is 0. The van der Waals surface area contributed by atoms with Crippen molar-refractivity contribution in [3.8, 4) is 11.5 Å². The topological polar surface area (TPSA) is 69.9 Å². The smallest absolute Gasteiger partial charge is 0.509 e. The van der Waals surface area contributed by atoms with Crippen molar-refractivity contribution >= 4 is 7.32 Å². The molecule has 0 aliphatic rings. The Hall–Kier alpha value is -1.41. The Kier molecular flexibility index (Phi) is 3.11. The molecule has 0 aromatic heterocycles. The first-order valence-electron chi connectivity index (χ1n) is 3.73. The molecule has 82 valence electrons. The number of halogens is 3. The van der Waals surface area contributed by atoms with E-state index in [1.807, 2.05) is 0 Å². The molecule has 0 amide bonds. The van der Waals surface area contributed by atoms with Gasteiger partial charge in [-0.05, 0) is 18.2 Å². The van der Waals surface area contributed by atoms with Gasteiger partial charge in [0.15, 0.2) is 5.75 Å². The van der Waals surface area contributed by atoms with Gasteiger partial charge in [-0.25, -0.2) is 0 Å². The summed E-state index contributed by atoms with van der Waals surface area (Å²) < 4.78 is 40.7. The summed E-state index contributed by atoms with van der Waals surface area (Å²) in [6, 6.07) is 1.86. The van der Waals surface area contributed by atoms with Crippen molar-refractivity contribution in [2.75, 3.05) is 0 Å². The van der Waals surface area contributed by atoms with Crippen LogP contribution in [0.15, 0.2) is 18.2 Å². The molecule has 1 aromatic rings. The normalized spacial score (nSPS) is 11.3. The second-order valence-corrected chi connectivity index (χ2v) is 2.62. The number of benzene rings is 1. The lowest BCUT2D eigenvalue weighted by molar-refractivity contribution is -0.137. The quantitative estimate of drug-likeness (QED) is 0.646. The van der Waals surface area contributed by atoms with E-state index < -0.39 is 30.6 Å². The van der Waals surface area contributed by atoms with E-state index in [0.717, 1.165) is 6.07 Å². The first-order chi connectivity index (χ1) is 6.80. The van der Waals surface area contributed by atoms with Crippen LogP contribution >= 0.6 is 0 Å². The van der Waals surface area contributed by atoms with E-state index in [-0.39, 0.29) is 0 Å². The van der Waals surface area contributed by atoms with Gasteiger partial charge in [-0.15, -0.1) is 0 Å². The van der Waals surface area contributed by atoms with Crippen molar-refractivity contribution in [3.05, 3.63) is 23.8 Å². The first-order valence-corrected chi connectivity index (χ1v) is 3.73. The van der Waals surface area contributed by atoms with E-state index >= 15 is 0 Å². The van der Waals surface area contributed by atoms with Gasteiger partial charge >= 0.3 is 13.5 Å². The van der Waals surface area contributed by atoms with Gasteiger partial charge in [0.2, 0.25) is 0 Å². The van der Waals surface area contributed by atoms with Crippen LogP contribution in [0.25, 0.3) is 0 Å². The molecule has 0 aliphatic heterocycles. The number of alkyl halides is 3. The predicted octanol–water partition coefficient (Wildman–Crippen LogP) is 0.759. The summed E-state index contributed by atoms with van der Waals surface area (Å²) in [6.07, 6.45) is -4.59. The number of phenolic OH excluding ortho intramolecular Hbond substituents is 1. The zero-order valence-corrected chi connectivity index (χ0v) is 7.19. The molecule has 0 unspecified atom stereocenters. The molecular weight excluding hydrogens is 216 g/mol. The zero-order valence-electron chi connectivity index (χ0n) is 7.19. The van der Waals surface area contributed by atoms with Gasteiger partial charge in [0.1, 0.15) is 5.75 Å². The summed E-state index contributed by atoms with van der Waals surface area (Å²) in [7, 11) is -2.29. The fourth-order valence-electron chi connectivity index (χ4n) is 0.898. The molecule has 1 rings (SSSR count). The highest BCUT2D eigenvalue weighted by Crippen LogP contribution is 2.35. The van der Waals surface area contributed by atoms with Gasteiger partial charge in [-0.1, -0.05) is 0 Å². The molecule has 3 N–H and O–H groups in total. The Balaban J connectivity index is 3.06. The maximum absolute atomic E-state index is 12.2. The number of hydrogen-bond donors (Lipinski definition) is 3. The van der Waals surface area contributed by atoms with Gasteiger partial charge in [0.05, 0.1) is 5.56 Å². The van der Waals surface area contributed by atoms with Crippen LogP contribution in [0.2, 0.25) is 0 Å². The second-order valence-electron chi connectivity index (χ2n) is 2.62. The van der Waals surface area contributed by atoms with Crippen molar-refractivity contribution < 1.29 is 33.0 Å². The lowest BCUT2D eigenvalue weighted by Crippen LogP contribution is -2.21. The van der Waals surface area contributed by atoms with E-state index in [0.29, 0.717) is 12.1 Å². The minimum Gasteiger partial charge on any atom is -0.509 e. The summed E-state index contributed by atoms with van der Waals surface area (Å²) in [5.74, 6) is -1.27. The van der Waals surface area contributed by atoms with E-state index in [2.05, 4.69) is 4.65 Å². The van der Waals surface area contributed by atoms with Gasteiger partial charge in [0, 0.05) is 0 Å². The van der Waals surface area contributed by atoms with Crippen LogP contribution in [0.5, 0.6) is 11.5 Å². The number of rotatable bonds is 2. The average molecular weight is 222 g/mol. The second kappa shape index (κ2) is 3.99. The van der Waals surface area contributed by atoms with Crippen molar-refractivity contribution in [1.29, 1.82) is 0 Å². The van der Waals surface area contributed by atoms with Crippen molar-refractivity contribution in [2.24, 2.45) is 0 Å². The number of phenols is 1. The van der Waals surface area contributed by atoms with E-state index in [1.54, 1.807) is 0 Å². The third kappa shape index (κ3) is 3.03. The van der Waals surface area contributed by atoms with Crippen LogP contribution < -0.4 is 4.65 Å². The lowest BCUT2D eigenvalue weighted by atomic mass is 10.1. The molecule has 0 fully saturated rings. The van der Waals surface area contributed by atoms with E-state index in [9.17, 15) is 13.2 Å². The molecule has 0 heterocycles. The van der Waals surface area contributed by atoms with E-state index in [4.69, 9.17) is 15.2 Å². The maximum atomic E-state index is 12.2. The molecule has 0 saturated carbocycles. The summed E-state index contributed by atoms with van der Waals surface area (Å²) >= 11 is 0. The molecule has 0 radical (unpaired) electrons. The van der Waals surface area contributed by atoms with Crippen LogP contribution in [0.3, 0.4) is 0 Å². The zero-order chi connectivity index (χ0) is 11.6. The molecule has 0 saturated heterocycles. The highest BCUT2D eigenvalue weighted by molar-refractivity contribution is 6.33. The van der Waals surface area contributed by atoms with Crippen LogP contribution in [-0.4, -0.2) is 22.5 Å². The van der Waals surface area contributed by atoms with Crippen molar-refractivity contribution in [2.45, 2.75) is 6.18 Å². The van der Waals surface area contributed by atoms with Gasteiger partial charge in [-0.3, -0.25) is 0 Å². The Labute approximate surface area is 82.7 Å². The fourth-order valence-corrected chi connectivity index (χ4v) is 0.898. The number of hydrogen-bond acceptors (Lipinski definition) is 4. The standard InChI is InChI=1S/C7H6BF3O4/c9-7(10,11)4-1-2-5(12)6(3-4)15-8(13)14/h1-3,12-14H. The molecule has 8 heteroatoms. The summed E-state index contributed by atoms with van der Waals surface area (Å²) in [4.78, 5) is 0. The van der Waals surface area contributed by atoms with Crippen molar-refractivity contribution in [1.82, 2.24) is 0 Å². The summed E-state index contributed by atoms with van der Waals surface area (Å²) in [5.41, 5.74) is -1.06. The lowest BCUT2D eigenvalue weighted by Gasteiger charge is -2.11.